The number of benzene rings is 1. The summed E-state index contributed by atoms with van der Waals surface area (Å²) >= 11 is 0. The van der Waals surface area contributed by atoms with E-state index in [0.717, 1.165) is 0 Å². The van der Waals surface area contributed by atoms with Gasteiger partial charge in [-0.15, -0.1) is 10.2 Å². The number of carbonyl (C=O) groups is 1. The average Bonchev–Trinajstić information content (AvgIpc) is 3.20. The summed E-state index contributed by atoms with van der Waals surface area (Å²) in [5, 5.41) is 14.9. The molecule has 3 aromatic rings. The Bertz CT molecular complexity index is 882. The van der Waals surface area contributed by atoms with Crippen LogP contribution in [-0.4, -0.2) is 35.7 Å². The second-order valence-corrected chi connectivity index (χ2v) is 5.84. The first kappa shape index (κ1) is 16.7. The summed E-state index contributed by atoms with van der Waals surface area (Å²) in [6.07, 6.45) is 1.78. The van der Waals surface area contributed by atoms with Crippen molar-refractivity contribution in [3.63, 3.8) is 0 Å². The van der Waals surface area contributed by atoms with Crippen LogP contribution in [0.3, 0.4) is 0 Å². The highest BCUT2D eigenvalue weighted by Gasteiger charge is 2.15. The number of carbonyl (C=O) groups excluding carboxylic acids is 1. The van der Waals surface area contributed by atoms with Crippen LogP contribution in [0.2, 0.25) is 0 Å². The van der Waals surface area contributed by atoms with E-state index >= 15 is 0 Å². The Labute approximate surface area is 143 Å². The Balaban J connectivity index is 1.70. The van der Waals surface area contributed by atoms with Gasteiger partial charge < -0.3 is 5.32 Å². The van der Waals surface area contributed by atoms with Gasteiger partial charge in [-0.3, -0.25) is 4.79 Å². The second kappa shape index (κ2) is 6.80. The lowest BCUT2D eigenvalue weighted by atomic mass is 10.3. The van der Waals surface area contributed by atoms with E-state index in [2.05, 4.69) is 25.7 Å². The third-order valence-electron chi connectivity index (χ3n) is 3.56. The summed E-state index contributed by atoms with van der Waals surface area (Å²) in [6, 6.07) is 6.00. The highest BCUT2D eigenvalue weighted by Crippen LogP contribution is 2.10. The van der Waals surface area contributed by atoms with E-state index in [0.29, 0.717) is 17.2 Å². The molecule has 0 aliphatic carbocycles. The molecule has 0 fully saturated rings. The zero-order valence-corrected chi connectivity index (χ0v) is 14.1. The molecule has 3 rings (SSSR count). The summed E-state index contributed by atoms with van der Waals surface area (Å²) < 4.78 is 16.2. The average molecular weight is 343 g/mol. The van der Waals surface area contributed by atoms with Gasteiger partial charge in [0.15, 0.2) is 0 Å². The van der Waals surface area contributed by atoms with Crippen molar-refractivity contribution in [1.82, 2.24) is 35.1 Å². The molecular weight excluding hydrogens is 325 g/mol. The summed E-state index contributed by atoms with van der Waals surface area (Å²) in [5.41, 5.74) is 1.28. The maximum atomic E-state index is 13.0. The molecule has 0 unspecified atom stereocenters. The van der Waals surface area contributed by atoms with Crippen LogP contribution in [-0.2, 0) is 6.54 Å². The van der Waals surface area contributed by atoms with Gasteiger partial charge in [-0.1, -0.05) is 5.21 Å². The molecule has 0 aliphatic rings. The number of amides is 1. The van der Waals surface area contributed by atoms with E-state index < -0.39 is 5.91 Å². The largest absolute Gasteiger partial charge is 0.343 e. The molecule has 0 saturated carbocycles. The molecule has 25 heavy (non-hydrogen) atoms. The van der Waals surface area contributed by atoms with Crippen molar-refractivity contribution in [2.75, 3.05) is 0 Å². The molecule has 2 aromatic heterocycles. The minimum atomic E-state index is -0.414. The van der Waals surface area contributed by atoms with Crippen LogP contribution in [0, 0.1) is 12.7 Å². The lowest BCUT2D eigenvalue weighted by Gasteiger charge is -2.02. The molecule has 1 N–H and O–H groups in total. The monoisotopic (exact) mass is 343 g/mol. The minimum Gasteiger partial charge on any atom is -0.343 e. The molecule has 0 aliphatic heterocycles. The van der Waals surface area contributed by atoms with Gasteiger partial charge in [0.25, 0.3) is 5.91 Å². The molecule has 0 bridgehead atoms. The quantitative estimate of drug-likeness (QED) is 0.763. The summed E-state index contributed by atoms with van der Waals surface area (Å²) in [7, 11) is 0. The molecule has 8 nitrogen and oxygen atoms in total. The third kappa shape index (κ3) is 3.70. The number of nitrogens with one attached hydrogen (secondary N) is 1. The molecular formula is C16H18FN7O. The van der Waals surface area contributed by atoms with Crippen LogP contribution in [0.4, 0.5) is 4.39 Å². The van der Waals surface area contributed by atoms with Crippen LogP contribution in [0.25, 0.3) is 5.69 Å². The topological polar surface area (TPSA) is 90.5 Å². The van der Waals surface area contributed by atoms with Gasteiger partial charge in [-0.2, -0.15) is 0 Å². The summed E-state index contributed by atoms with van der Waals surface area (Å²) in [4.78, 5) is 16.4. The fraction of sp³-hybridized carbons (Fsp3) is 0.312. The van der Waals surface area contributed by atoms with E-state index in [9.17, 15) is 9.18 Å². The molecule has 9 heteroatoms. The van der Waals surface area contributed by atoms with E-state index in [4.69, 9.17) is 0 Å². The predicted octanol–water partition coefficient (Wildman–Crippen LogP) is 1.82. The van der Waals surface area contributed by atoms with Gasteiger partial charge in [-0.25, -0.2) is 18.7 Å². The van der Waals surface area contributed by atoms with Crippen molar-refractivity contribution in [3.05, 3.63) is 53.6 Å². The van der Waals surface area contributed by atoms with Gasteiger partial charge in [0, 0.05) is 6.04 Å². The van der Waals surface area contributed by atoms with Crippen molar-refractivity contribution < 1.29 is 9.18 Å². The predicted molar refractivity (Wildman–Crippen MR) is 87.6 cm³/mol. The molecule has 0 atom stereocenters. The van der Waals surface area contributed by atoms with E-state index in [1.807, 2.05) is 13.8 Å². The Kier molecular flexibility index (Phi) is 4.55. The van der Waals surface area contributed by atoms with Gasteiger partial charge >= 0.3 is 0 Å². The molecule has 0 radical (unpaired) electrons. The minimum absolute atomic E-state index is 0.0399. The first-order valence-corrected chi connectivity index (χ1v) is 7.82. The van der Waals surface area contributed by atoms with Gasteiger partial charge in [-0.05, 0) is 45.0 Å². The van der Waals surface area contributed by atoms with Crippen LogP contribution in [0.5, 0.6) is 0 Å². The number of rotatable bonds is 5. The molecule has 1 aromatic carbocycles. The molecule has 0 saturated heterocycles. The first-order valence-electron chi connectivity index (χ1n) is 7.82. The van der Waals surface area contributed by atoms with Gasteiger partial charge in [0.05, 0.1) is 18.4 Å². The molecule has 1 amide bonds. The van der Waals surface area contributed by atoms with Crippen LogP contribution < -0.4 is 5.32 Å². The number of halogens is 1. The van der Waals surface area contributed by atoms with Crippen molar-refractivity contribution in [2.24, 2.45) is 0 Å². The fourth-order valence-corrected chi connectivity index (χ4v) is 2.21. The van der Waals surface area contributed by atoms with Crippen molar-refractivity contribution in [1.29, 1.82) is 0 Å². The van der Waals surface area contributed by atoms with E-state index in [1.165, 1.54) is 16.8 Å². The Hall–Kier alpha value is -3.10. The molecule has 0 spiro atoms. The number of nitrogens with zero attached hydrogens (tertiary/aromatic N) is 6. The van der Waals surface area contributed by atoms with Crippen molar-refractivity contribution in [3.8, 4) is 5.69 Å². The zero-order valence-electron chi connectivity index (χ0n) is 14.1. The smallest absolute Gasteiger partial charge is 0.291 e. The lowest BCUT2D eigenvalue weighted by Crippen LogP contribution is -2.24. The third-order valence-corrected chi connectivity index (χ3v) is 3.56. The molecule has 2 heterocycles. The number of hydrogen-bond acceptors (Lipinski definition) is 5. The number of aryl methyl sites for hydroxylation is 1. The second-order valence-electron chi connectivity index (χ2n) is 5.84. The Morgan fingerprint density at radius 2 is 2.00 bits per heavy atom. The SMILES string of the molecule is Cc1nc(C(=O)NCc2cn(C(C)C)nn2)nn1-c1ccc(F)cc1. The highest BCUT2D eigenvalue weighted by molar-refractivity contribution is 5.90. The van der Waals surface area contributed by atoms with Crippen molar-refractivity contribution >= 4 is 5.91 Å². The molecule has 130 valence electrons. The van der Waals surface area contributed by atoms with E-state index in [1.54, 1.807) is 29.9 Å². The van der Waals surface area contributed by atoms with Gasteiger partial charge in [0.2, 0.25) is 5.82 Å². The normalized spacial score (nSPS) is 11.1. The number of aromatic nitrogens is 6. The Morgan fingerprint density at radius 3 is 2.64 bits per heavy atom. The lowest BCUT2D eigenvalue weighted by molar-refractivity contribution is 0.0940. The number of hydrogen-bond donors (Lipinski definition) is 1. The summed E-state index contributed by atoms with van der Waals surface area (Å²) in [5.74, 6) is -0.183. The van der Waals surface area contributed by atoms with Crippen molar-refractivity contribution in [2.45, 2.75) is 33.4 Å². The first-order chi connectivity index (χ1) is 11.9. The van der Waals surface area contributed by atoms with Gasteiger partial charge in [0.1, 0.15) is 17.3 Å². The maximum absolute atomic E-state index is 13.0. The summed E-state index contributed by atoms with van der Waals surface area (Å²) in [6.45, 7) is 5.94. The van der Waals surface area contributed by atoms with Crippen LogP contribution in [0.1, 0.15) is 42.0 Å². The van der Waals surface area contributed by atoms with Crippen LogP contribution >= 0.6 is 0 Å². The maximum Gasteiger partial charge on any atom is 0.291 e. The zero-order chi connectivity index (χ0) is 18.0. The highest BCUT2D eigenvalue weighted by atomic mass is 19.1. The fourth-order valence-electron chi connectivity index (χ4n) is 2.21. The standard InChI is InChI=1S/C16H18FN7O/c1-10(2)23-9-13(20-22-23)8-18-16(25)15-19-11(3)24(21-15)14-6-4-12(17)5-7-14/h4-7,9-10H,8H2,1-3H3,(H,18,25). The van der Waals surface area contributed by atoms with Crippen LogP contribution in [0.15, 0.2) is 30.5 Å². The Morgan fingerprint density at radius 1 is 1.28 bits per heavy atom. The van der Waals surface area contributed by atoms with E-state index in [-0.39, 0.29) is 24.2 Å².